The lowest BCUT2D eigenvalue weighted by molar-refractivity contribution is -0.143. The largest absolute Gasteiger partial charge is 0.493 e. The second-order valence-corrected chi connectivity index (χ2v) is 8.01. The van der Waals surface area contributed by atoms with Crippen molar-refractivity contribution in [3.63, 3.8) is 0 Å². The average molecular weight is 427 g/mol. The van der Waals surface area contributed by atoms with Gasteiger partial charge in [-0.2, -0.15) is 0 Å². The van der Waals surface area contributed by atoms with Crippen molar-refractivity contribution in [1.82, 2.24) is 10.2 Å². The van der Waals surface area contributed by atoms with Crippen molar-refractivity contribution in [2.75, 3.05) is 20.3 Å². The van der Waals surface area contributed by atoms with Crippen LogP contribution >= 0.6 is 0 Å². The second kappa shape index (κ2) is 12.0. The minimum Gasteiger partial charge on any atom is -0.493 e. The molecule has 0 heterocycles. The Morgan fingerprint density at radius 2 is 1.68 bits per heavy atom. The Labute approximate surface area is 185 Å². The molecule has 6 heteroatoms. The van der Waals surface area contributed by atoms with E-state index in [9.17, 15) is 9.59 Å². The first-order valence-electron chi connectivity index (χ1n) is 10.7. The van der Waals surface area contributed by atoms with Crippen molar-refractivity contribution < 1.29 is 19.1 Å². The Morgan fingerprint density at radius 1 is 1.03 bits per heavy atom. The van der Waals surface area contributed by atoms with E-state index in [0.717, 1.165) is 11.1 Å². The summed E-state index contributed by atoms with van der Waals surface area (Å²) < 4.78 is 11.0. The number of ether oxygens (including phenoxy) is 2. The molecule has 0 aliphatic carbocycles. The molecule has 0 unspecified atom stereocenters. The monoisotopic (exact) mass is 426 g/mol. The smallest absolute Gasteiger partial charge is 0.261 e. The van der Waals surface area contributed by atoms with Gasteiger partial charge in [0, 0.05) is 13.1 Å². The Hall–Kier alpha value is -3.02. The zero-order valence-electron chi connectivity index (χ0n) is 19.2. The van der Waals surface area contributed by atoms with Crippen LogP contribution in [0.5, 0.6) is 11.5 Å². The van der Waals surface area contributed by atoms with Crippen molar-refractivity contribution in [1.29, 1.82) is 0 Å². The third-order valence-electron chi connectivity index (χ3n) is 4.96. The van der Waals surface area contributed by atoms with Crippen LogP contribution in [0.15, 0.2) is 48.5 Å². The Morgan fingerprint density at radius 3 is 2.26 bits per heavy atom. The van der Waals surface area contributed by atoms with Gasteiger partial charge in [-0.25, -0.2) is 0 Å². The quantitative estimate of drug-likeness (QED) is 0.591. The van der Waals surface area contributed by atoms with Gasteiger partial charge in [0.15, 0.2) is 18.1 Å². The fourth-order valence-corrected chi connectivity index (χ4v) is 3.19. The number of hydrogen-bond donors (Lipinski definition) is 1. The summed E-state index contributed by atoms with van der Waals surface area (Å²) in [6.45, 7) is 8.73. The van der Waals surface area contributed by atoms with Gasteiger partial charge in [-0.05, 0) is 37.0 Å². The molecule has 0 radical (unpaired) electrons. The predicted octanol–water partition coefficient (Wildman–Crippen LogP) is 3.96. The molecule has 0 fully saturated rings. The molecule has 2 rings (SSSR count). The zero-order chi connectivity index (χ0) is 22.8. The van der Waals surface area contributed by atoms with Gasteiger partial charge in [-0.15, -0.1) is 0 Å². The molecule has 0 bridgehead atoms. The maximum absolute atomic E-state index is 13.2. The van der Waals surface area contributed by atoms with E-state index in [-0.39, 0.29) is 18.4 Å². The maximum Gasteiger partial charge on any atom is 0.261 e. The molecule has 1 atom stereocenters. The predicted molar refractivity (Wildman–Crippen MR) is 122 cm³/mol. The van der Waals surface area contributed by atoms with Crippen LogP contribution in [0.1, 0.15) is 38.3 Å². The Bertz CT molecular complexity index is 849. The number of methoxy groups -OCH3 is 1. The molecular weight excluding hydrogens is 392 g/mol. The van der Waals surface area contributed by atoms with E-state index in [4.69, 9.17) is 9.47 Å². The molecular formula is C25H34N2O4. The second-order valence-electron chi connectivity index (χ2n) is 8.01. The van der Waals surface area contributed by atoms with Crippen molar-refractivity contribution in [2.45, 2.75) is 46.7 Å². The summed E-state index contributed by atoms with van der Waals surface area (Å²) in [4.78, 5) is 27.7. The van der Waals surface area contributed by atoms with Gasteiger partial charge in [-0.3, -0.25) is 9.59 Å². The van der Waals surface area contributed by atoms with Gasteiger partial charge in [0.25, 0.3) is 5.91 Å². The molecule has 31 heavy (non-hydrogen) atoms. The average Bonchev–Trinajstić information content (AvgIpc) is 2.77. The lowest BCUT2D eigenvalue weighted by Crippen LogP contribution is -2.50. The molecule has 168 valence electrons. The minimum absolute atomic E-state index is 0.144. The summed E-state index contributed by atoms with van der Waals surface area (Å²) in [6, 6.07) is 14.6. The standard InChI is InChI=1S/C25H34N2O4/c1-6-21(25(29)26-15-18(2)3)27(16-20-13-11-19(4)12-14-20)24(28)17-31-23-10-8-7-9-22(23)30-5/h7-14,18,21H,6,15-17H2,1-5H3,(H,26,29)/t21-/m0/s1. The number of carbonyl (C=O) groups excluding carboxylic acids is 2. The molecule has 0 aromatic heterocycles. The number of aryl methyl sites for hydroxylation is 1. The Balaban J connectivity index is 2.20. The van der Waals surface area contributed by atoms with E-state index in [2.05, 4.69) is 5.32 Å². The highest BCUT2D eigenvalue weighted by Crippen LogP contribution is 2.26. The summed E-state index contributed by atoms with van der Waals surface area (Å²) in [7, 11) is 1.56. The van der Waals surface area contributed by atoms with Gasteiger partial charge < -0.3 is 19.7 Å². The normalized spacial score (nSPS) is 11.7. The zero-order valence-corrected chi connectivity index (χ0v) is 19.2. The molecule has 2 aromatic rings. The first-order chi connectivity index (χ1) is 14.8. The number of para-hydroxylation sites is 2. The van der Waals surface area contributed by atoms with E-state index in [1.165, 1.54) is 0 Å². The summed E-state index contributed by atoms with van der Waals surface area (Å²) in [5.41, 5.74) is 2.11. The highest BCUT2D eigenvalue weighted by atomic mass is 16.5. The number of amides is 2. The molecule has 2 amide bonds. The number of benzene rings is 2. The van der Waals surface area contributed by atoms with Crippen LogP contribution < -0.4 is 14.8 Å². The van der Waals surface area contributed by atoms with E-state index >= 15 is 0 Å². The van der Waals surface area contributed by atoms with E-state index < -0.39 is 6.04 Å². The fraction of sp³-hybridized carbons (Fsp3) is 0.440. The highest BCUT2D eigenvalue weighted by molar-refractivity contribution is 5.88. The minimum atomic E-state index is -0.575. The number of nitrogens with one attached hydrogen (secondary N) is 1. The maximum atomic E-state index is 13.2. The molecule has 0 saturated carbocycles. The molecule has 0 aliphatic rings. The molecule has 2 aromatic carbocycles. The molecule has 0 saturated heterocycles. The lowest BCUT2D eigenvalue weighted by Gasteiger charge is -2.31. The van der Waals surface area contributed by atoms with Crippen molar-refractivity contribution in [2.24, 2.45) is 5.92 Å². The van der Waals surface area contributed by atoms with Crippen LogP contribution in [0.25, 0.3) is 0 Å². The summed E-state index contributed by atoms with van der Waals surface area (Å²) in [5.74, 6) is 0.983. The van der Waals surface area contributed by atoms with E-state index in [1.54, 1.807) is 24.1 Å². The fourth-order valence-electron chi connectivity index (χ4n) is 3.19. The van der Waals surface area contributed by atoms with Crippen molar-refractivity contribution >= 4 is 11.8 Å². The van der Waals surface area contributed by atoms with Crippen LogP contribution in [0.4, 0.5) is 0 Å². The Kier molecular flexibility index (Phi) is 9.38. The number of hydrogen-bond acceptors (Lipinski definition) is 4. The lowest BCUT2D eigenvalue weighted by atomic mass is 10.1. The summed E-state index contributed by atoms with van der Waals surface area (Å²) in [5, 5.41) is 2.96. The third kappa shape index (κ3) is 7.31. The van der Waals surface area contributed by atoms with Gasteiger partial charge >= 0.3 is 0 Å². The summed E-state index contributed by atoms with van der Waals surface area (Å²) in [6.07, 6.45) is 0.510. The van der Waals surface area contributed by atoms with Gasteiger partial charge in [0.1, 0.15) is 6.04 Å². The van der Waals surface area contributed by atoms with Crippen LogP contribution in [-0.2, 0) is 16.1 Å². The summed E-state index contributed by atoms with van der Waals surface area (Å²) >= 11 is 0. The number of nitrogens with zero attached hydrogens (tertiary/aromatic N) is 1. The topological polar surface area (TPSA) is 67.9 Å². The number of carbonyl (C=O) groups is 2. The van der Waals surface area contributed by atoms with Crippen LogP contribution in [0.2, 0.25) is 0 Å². The molecule has 6 nitrogen and oxygen atoms in total. The van der Waals surface area contributed by atoms with Gasteiger partial charge in [0.2, 0.25) is 5.91 Å². The molecule has 1 N–H and O–H groups in total. The number of rotatable bonds is 11. The van der Waals surface area contributed by atoms with Crippen molar-refractivity contribution in [3.8, 4) is 11.5 Å². The molecule has 0 spiro atoms. The first kappa shape index (κ1) is 24.3. The van der Waals surface area contributed by atoms with Crippen LogP contribution in [0.3, 0.4) is 0 Å². The van der Waals surface area contributed by atoms with Crippen LogP contribution in [0, 0.1) is 12.8 Å². The van der Waals surface area contributed by atoms with Gasteiger partial charge in [-0.1, -0.05) is 62.7 Å². The van der Waals surface area contributed by atoms with Crippen molar-refractivity contribution in [3.05, 3.63) is 59.7 Å². The van der Waals surface area contributed by atoms with E-state index in [1.807, 2.05) is 64.1 Å². The van der Waals surface area contributed by atoms with Gasteiger partial charge in [0.05, 0.1) is 7.11 Å². The van der Waals surface area contributed by atoms with E-state index in [0.29, 0.717) is 36.9 Å². The SMILES string of the molecule is CC[C@@H](C(=O)NCC(C)C)N(Cc1ccc(C)cc1)C(=O)COc1ccccc1OC. The highest BCUT2D eigenvalue weighted by Gasteiger charge is 2.29. The first-order valence-corrected chi connectivity index (χ1v) is 10.7. The van der Waals surface area contributed by atoms with Crippen LogP contribution in [-0.4, -0.2) is 43.0 Å². The molecule has 0 aliphatic heterocycles. The third-order valence-corrected chi connectivity index (χ3v) is 4.96.